The Morgan fingerprint density at radius 3 is 2.79 bits per heavy atom. The van der Waals surface area contributed by atoms with Crippen molar-refractivity contribution in [3.05, 3.63) is 48.0 Å². The Balaban J connectivity index is 1.12. The third kappa shape index (κ3) is 5.72. The number of anilines is 2. The van der Waals surface area contributed by atoms with E-state index < -0.39 is 0 Å². The lowest BCUT2D eigenvalue weighted by Gasteiger charge is -2.25. The van der Waals surface area contributed by atoms with Crippen LogP contribution in [0.2, 0.25) is 0 Å². The van der Waals surface area contributed by atoms with Crippen molar-refractivity contribution in [2.45, 2.75) is 38.1 Å². The van der Waals surface area contributed by atoms with Crippen molar-refractivity contribution in [3.63, 3.8) is 0 Å². The van der Waals surface area contributed by atoms with Crippen LogP contribution >= 0.6 is 0 Å². The number of amides is 1. The minimum Gasteiger partial charge on any atom is -0.486 e. The van der Waals surface area contributed by atoms with Crippen LogP contribution in [0.25, 0.3) is 0 Å². The number of carbonyl (C=O) groups excluding carboxylic acids is 1. The first-order chi connectivity index (χ1) is 16.7. The summed E-state index contributed by atoms with van der Waals surface area (Å²) in [7, 11) is 0. The van der Waals surface area contributed by atoms with E-state index in [1.54, 1.807) is 5.17 Å². The molecule has 1 atom stereocenters. The van der Waals surface area contributed by atoms with Crippen LogP contribution in [0.1, 0.15) is 31.2 Å². The van der Waals surface area contributed by atoms with Gasteiger partial charge in [-0.2, -0.15) is 5.17 Å². The maximum Gasteiger partial charge on any atom is 0.220 e. The van der Waals surface area contributed by atoms with E-state index in [-0.39, 0.29) is 11.9 Å². The van der Waals surface area contributed by atoms with E-state index in [9.17, 15) is 4.79 Å². The molecule has 3 aliphatic rings. The molecule has 2 aromatic rings. The minimum absolute atomic E-state index is 0.0467. The highest BCUT2D eigenvalue weighted by molar-refractivity contribution is 5.76. The normalized spacial score (nSPS) is 17.8. The van der Waals surface area contributed by atoms with E-state index >= 15 is 0 Å². The molecule has 0 aliphatic carbocycles. The summed E-state index contributed by atoms with van der Waals surface area (Å²) in [6, 6.07) is 14.0. The van der Waals surface area contributed by atoms with Gasteiger partial charge in [-0.3, -0.25) is 15.1 Å². The smallest absolute Gasteiger partial charge is 0.220 e. The number of likely N-dealkylation sites (tertiary alicyclic amines) is 1. The van der Waals surface area contributed by atoms with Crippen LogP contribution in [0.3, 0.4) is 0 Å². The van der Waals surface area contributed by atoms with Gasteiger partial charge in [0, 0.05) is 19.0 Å². The Morgan fingerprint density at radius 2 is 1.91 bits per heavy atom. The topological polar surface area (TPSA) is 87.3 Å². The van der Waals surface area contributed by atoms with Crippen molar-refractivity contribution in [1.82, 2.24) is 15.8 Å². The monoisotopic (exact) mass is 467 g/mol. The zero-order chi connectivity index (χ0) is 23.2. The maximum atomic E-state index is 12.8. The first kappa shape index (κ1) is 22.8. The summed E-state index contributed by atoms with van der Waals surface area (Å²) in [5.74, 6) is 1.64. The van der Waals surface area contributed by atoms with Crippen molar-refractivity contribution in [1.29, 1.82) is 0 Å². The first-order valence-corrected chi connectivity index (χ1v) is 12.2. The molecular formula is C25H33N5O4. The number of rotatable bonds is 10. The van der Waals surface area contributed by atoms with Gasteiger partial charge in [-0.15, -0.1) is 5.53 Å². The second-order valence-corrected chi connectivity index (χ2v) is 8.94. The molecule has 9 nitrogen and oxygen atoms in total. The van der Waals surface area contributed by atoms with Crippen LogP contribution in [0.5, 0.6) is 11.5 Å². The molecule has 2 aromatic carbocycles. The van der Waals surface area contributed by atoms with E-state index in [2.05, 4.69) is 27.2 Å². The van der Waals surface area contributed by atoms with Gasteiger partial charge in [0.05, 0.1) is 12.3 Å². The molecule has 1 saturated heterocycles. The van der Waals surface area contributed by atoms with E-state index in [1.165, 1.54) is 12.8 Å². The van der Waals surface area contributed by atoms with Crippen LogP contribution in [0.15, 0.2) is 42.5 Å². The molecule has 0 aromatic heterocycles. The first-order valence-electron chi connectivity index (χ1n) is 12.2. The summed E-state index contributed by atoms with van der Waals surface area (Å²) >= 11 is 0. The second kappa shape index (κ2) is 10.9. The average Bonchev–Trinajstić information content (AvgIpc) is 3.52. The highest BCUT2D eigenvalue weighted by atomic mass is 16.7. The Bertz CT molecular complexity index is 982. The molecule has 34 heavy (non-hydrogen) atoms. The predicted molar refractivity (Wildman–Crippen MR) is 130 cm³/mol. The van der Waals surface area contributed by atoms with Crippen molar-refractivity contribution in [2.24, 2.45) is 0 Å². The van der Waals surface area contributed by atoms with E-state index in [0.29, 0.717) is 32.7 Å². The lowest BCUT2D eigenvalue weighted by Crippen LogP contribution is -2.44. The zero-order valence-corrected chi connectivity index (χ0v) is 19.4. The van der Waals surface area contributed by atoms with Crippen molar-refractivity contribution in [2.75, 3.05) is 50.1 Å². The summed E-state index contributed by atoms with van der Waals surface area (Å²) in [6.07, 6.45) is 4.26. The number of nitrogens with one attached hydrogen (secondary N) is 3. The summed E-state index contributed by atoms with van der Waals surface area (Å²) < 4.78 is 11.4. The largest absolute Gasteiger partial charge is 0.486 e. The maximum absolute atomic E-state index is 12.8. The standard InChI is InChI=1S/C25H33N5O4/c31-25(8-5-13-34-30-22-7-2-1-6-21(22)27-28-30)26-20(18-29-11-3-4-12-29)16-19-9-10-23-24(17-19)33-15-14-32-23/h1-2,6-7,9-10,17,20,27-28H,3-5,8,11-16,18H2,(H,26,31)/t20-/m0/s1. The zero-order valence-electron chi connectivity index (χ0n) is 19.4. The number of hydrogen-bond donors (Lipinski definition) is 3. The lowest BCUT2D eigenvalue weighted by atomic mass is 10.0. The number of carbonyl (C=O) groups is 1. The summed E-state index contributed by atoms with van der Waals surface area (Å²) in [4.78, 5) is 21.0. The molecular weight excluding hydrogens is 434 g/mol. The van der Waals surface area contributed by atoms with Gasteiger partial charge in [0.1, 0.15) is 18.9 Å². The fourth-order valence-corrected chi connectivity index (χ4v) is 4.66. The van der Waals surface area contributed by atoms with Gasteiger partial charge in [0.2, 0.25) is 5.91 Å². The average molecular weight is 468 g/mol. The van der Waals surface area contributed by atoms with E-state index in [4.69, 9.17) is 14.3 Å². The summed E-state index contributed by atoms with van der Waals surface area (Å²) in [6.45, 7) is 4.65. The molecule has 0 bridgehead atoms. The molecule has 0 unspecified atom stereocenters. The molecule has 9 heteroatoms. The molecule has 0 saturated carbocycles. The number of hydrogen-bond acceptors (Lipinski definition) is 8. The molecule has 1 amide bonds. The van der Waals surface area contributed by atoms with Gasteiger partial charge in [-0.25, -0.2) is 0 Å². The number of benzene rings is 2. The molecule has 1 fully saturated rings. The van der Waals surface area contributed by atoms with Crippen LogP contribution in [0, 0.1) is 0 Å². The predicted octanol–water partition coefficient (Wildman–Crippen LogP) is 2.64. The highest BCUT2D eigenvalue weighted by Gasteiger charge is 2.22. The number of nitrogens with zero attached hydrogens (tertiary/aromatic N) is 2. The van der Waals surface area contributed by atoms with Crippen LogP contribution in [-0.4, -0.2) is 56.3 Å². The highest BCUT2D eigenvalue weighted by Crippen LogP contribution is 2.31. The fourth-order valence-electron chi connectivity index (χ4n) is 4.66. The van der Waals surface area contributed by atoms with Crippen LogP contribution in [-0.2, 0) is 16.1 Å². The van der Waals surface area contributed by atoms with Gasteiger partial charge < -0.3 is 19.7 Å². The van der Waals surface area contributed by atoms with Gasteiger partial charge >= 0.3 is 0 Å². The van der Waals surface area contributed by atoms with Crippen molar-refractivity contribution in [3.8, 4) is 11.5 Å². The Morgan fingerprint density at radius 1 is 1.09 bits per heavy atom. The second-order valence-electron chi connectivity index (χ2n) is 8.94. The third-order valence-electron chi connectivity index (χ3n) is 6.31. The van der Waals surface area contributed by atoms with Gasteiger partial charge in [0.25, 0.3) is 0 Å². The minimum atomic E-state index is 0.0467. The third-order valence-corrected chi connectivity index (χ3v) is 6.31. The fraction of sp³-hybridized carbons (Fsp3) is 0.480. The van der Waals surface area contributed by atoms with E-state index in [0.717, 1.165) is 54.5 Å². The molecule has 3 N–H and O–H groups in total. The van der Waals surface area contributed by atoms with Gasteiger partial charge in [0.15, 0.2) is 11.5 Å². The van der Waals surface area contributed by atoms with Gasteiger partial charge in [-0.05, 0) is 68.6 Å². The van der Waals surface area contributed by atoms with E-state index in [1.807, 2.05) is 36.4 Å². The Kier molecular flexibility index (Phi) is 7.33. The molecule has 0 spiro atoms. The lowest BCUT2D eigenvalue weighted by molar-refractivity contribution is -0.122. The summed E-state index contributed by atoms with van der Waals surface area (Å²) in [5, 5.41) is 4.87. The number of ether oxygens (including phenoxy) is 2. The van der Waals surface area contributed by atoms with Crippen molar-refractivity contribution < 1.29 is 19.1 Å². The number of fused-ring (bicyclic) bond motifs is 2. The molecule has 3 aliphatic heterocycles. The van der Waals surface area contributed by atoms with Crippen LogP contribution in [0.4, 0.5) is 11.4 Å². The van der Waals surface area contributed by atoms with Crippen LogP contribution < -0.4 is 30.9 Å². The molecule has 3 heterocycles. The summed E-state index contributed by atoms with van der Waals surface area (Å²) in [5.41, 5.74) is 9.05. The molecule has 0 radical (unpaired) electrons. The quantitative estimate of drug-likeness (QED) is 0.460. The number of para-hydroxylation sites is 2. The molecule has 5 rings (SSSR count). The number of hydrazine groups is 2. The molecule has 182 valence electrons. The SMILES string of the molecule is O=C(CCCON1NNc2ccccc21)N[C@@H](Cc1ccc2c(c1)OCCO2)CN1CCCC1. The Hall–Kier alpha value is -3.01. The van der Waals surface area contributed by atoms with Gasteiger partial charge in [-0.1, -0.05) is 18.2 Å². The van der Waals surface area contributed by atoms with Crippen molar-refractivity contribution >= 4 is 17.3 Å². The Labute approximate surface area is 200 Å².